The molecule has 2 aromatic rings. The second-order valence-electron chi connectivity index (χ2n) is 4.09. The molecule has 0 atom stereocenters. The average molecular weight is 285 g/mol. The lowest BCUT2D eigenvalue weighted by Gasteiger charge is -1.99. The van der Waals surface area contributed by atoms with Gasteiger partial charge in [-0.05, 0) is 12.1 Å². The molecule has 0 aliphatic rings. The Bertz CT molecular complexity index is 549. The van der Waals surface area contributed by atoms with Gasteiger partial charge in [0.25, 0.3) is 5.91 Å². The number of H-pyrrole nitrogens is 1. The lowest BCUT2D eigenvalue weighted by Crippen LogP contribution is -2.23. The SMILES string of the molecule is CC(C)c1nc(C(=O)NCc2ccc(Cl)s2)n[nH]1. The Balaban J connectivity index is 1.95. The molecule has 18 heavy (non-hydrogen) atoms. The molecule has 2 aromatic heterocycles. The van der Waals surface area contributed by atoms with Crippen LogP contribution in [0.25, 0.3) is 0 Å². The Morgan fingerprint density at radius 2 is 2.33 bits per heavy atom. The predicted octanol–water partition coefficient (Wildman–Crippen LogP) is 2.57. The molecule has 0 aromatic carbocycles. The largest absolute Gasteiger partial charge is 0.344 e. The van der Waals surface area contributed by atoms with Crippen LogP contribution in [0.15, 0.2) is 12.1 Å². The fourth-order valence-electron chi connectivity index (χ4n) is 1.33. The van der Waals surface area contributed by atoms with E-state index in [1.165, 1.54) is 11.3 Å². The zero-order valence-corrected chi connectivity index (χ0v) is 11.6. The fourth-order valence-corrected chi connectivity index (χ4v) is 2.35. The van der Waals surface area contributed by atoms with Gasteiger partial charge in [0.05, 0.1) is 10.9 Å². The van der Waals surface area contributed by atoms with Crippen LogP contribution >= 0.6 is 22.9 Å². The van der Waals surface area contributed by atoms with Crippen molar-refractivity contribution in [3.63, 3.8) is 0 Å². The monoisotopic (exact) mass is 284 g/mol. The molecule has 0 saturated carbocycles. The van der Waals surface area contributed by atoms with Crippen LogP contribution in [0.1, 0.15) is 41.1 Å². The third kappa shape index (κ3) is 3.08. The van der Waals surface area contributed by atoms with Gasteiger partial charge in [-0.1, -0.05) is 25.4 Å². The van der Waals surface area contributed by atoms with Crippen LogP contribution in [0.5, 0.6) is 0 Å². The van der Waals surface area contributed by atoms with Crippen molar-refractivity contribution in [3.05, 3.63) is 33.0 Å². The third-order valence-corrected chi connectivity index (χ3v) is 3.54. The van der Waals surface area contributed by atoms with Crippen molar-refractivity contribution in [2.24, 2.45) is 0 Å². The van der Waals surface area contributed by atoms with Gasteiger partial charge in [0.1, 0.15) is 5.82 Å². The van der Waals surface area contributed by atoms with Gasteiger partial charge in [0, 0.05) is 10.8 Å². The van der Waals surface area contributed by atoms with Gasteiger partial charge < -0.3 is 5.32 Å². The van der Waals surface area contributed by atoms with Crippen molar-refractivity contribution in [2.75, 3.05) is 0 Å². The van der Waals surface area contributed by atoms with Crippen molar-refractivity contribution < 1.29 is 4.79 Å². The first-order valence-corrected chi connectivity index (χ1v) is 6.70. The number of carbonyl (C=O) groups excluding carboxylic acids is 1. The molecule has 1 amide bonds. The minimum atomic E-state index is -0.289. The van der Waals surface area contributed by atoms with E-state index >= 15 is 0 Å². The zero-order valence-electron chi connectivity index (χ0n) is 10.0. The molecule has 0 spiro atoms. The summed E-state index contributed by atoms with van der Waals surface area (Å²) < 4.78 is 0.708. The average Bonchev–Trinajstić information content (AvgIpc) is 2.94. The molecular weight excluding hydrogens is 272 g/mol. The number of halogens is 1. The van der Waals surface area contributed by atoms with Gasteiger partial charge in [0.2, 0.25) is 5.82 Å². The Labute approximate surface area is 114 Å². The number of nitrogens with one attached hydrogen (secondary N) is 2. The maximum Gasteiger partial charge on any atom is 0.291 e. The van der Waals surface area contributed by atoms with E-state index in [0.717, 1.165) is 4.88 Å². The van der Waals surface area contributed by atoms with Crippen molar-refractivity contribution >= 4 is 28.8 Å². The van der Waals surface area contributed by atoms with Crippen LogP contribution in [-0.4, -0.2) is 21.1 Å². The van der Waals surface area contributed by atoms with E-state index in [-0.39, 0.29) is 17.6 Å². The van der Waals surface area contributed by atoms with E-state index in [4.69, 9.17) is 11.6 Å². The quantitative estimate of drug-likeness (QED) is 0.906. The standard InChI is InChI=1S/C11H13ClN4OS/c1-6(2)9-14-10(16-15-9)11(17)13-5-7-3-4-8(12)18-7/h3-4,6H,5H2,1-2H3,(H,13,17)(H,14,15,16). The number of hydrogen-bond acceptors (Lipinski definition) is 4. The minimum Gasteiger partial charge on any atom is -0.344 e. The van der Waals surface area contributed by atoms with Crippen molar-refractivity contribution in [3.8, 4) is 0 Å². The second-order valence-corrected chi connectivity index (χ2v) is 5.89. The number of thiophene rings is 1. The molecule has 0 unspecified atom stereocenters. The van der Waals surface area contributed by atoms with Crippen LogP contribution < -0.4 is 5.32 Å². The number of aromatic nitrogens is 3. The highest BCUT2D eigenvalue weighted by Crippen LogP contribution is 2.21. The molecule has 0 radical (unpaired) electrons. The summed E-state index contributed by atoms with van der Waals surface area (Å²) in [4.78, 5) is 16.9. The Hall–Kier alpha value is -1.40. The molecule has 0 aliphatic heterocycles. The van der Waals surface area contributed by atoms with Gasteiger partial charge in [-0.25, -0.2) is 4.98 Å². The second kappa shape index (κ2) is 5.49. The summed E-state index contributed by atoms with van der Waals surface area (Å²) in [5.41, 5.74) is 0. The molecule has 0 saturated heterocycles. The first-order chi connectivity index (χ1) is 8.56. The molecule has 2 N–H and O–H groups in total. The topological polar surface area (TPSA) is 70.7 Å². The molecule has 96 valence electrons. The first-order valence-electron chi connectivity index (χ1n) is 5.51. The highest BCUT2D eigenvalue weighted by molar-refractivity contribution is 7.16. The smallest absolute Gasteiger partial charge is 0.291 e. The number of aromatic amines is 1. The van der Waals surface area contributed by atoms with Gasteiger partial charge >= 0.3 is 0 Å². The molecule has 0 fully saturated rings. The summed E-state index contributed by atoms with van der Waals surface area (Å²) in [5.74, 6) is 0.804. The number of carbonyl (C=O) groups is 1. The Morgan fingerprint density at radius 1 is 1.56 bits per heavy atom. The van der Waals surface area contributed by atoms with Crippen LogP contribution in [-0.2, 0) is 6.54 Å². The van der Waals surface area contributed by atoms with Crippen molar-refractivity contribution in [2.45, 2.75) is 26.3 Å². The van der Waals surface area contributed by atoms with Gasteiger partial charge in [-0.15, -0.1) is 16.4 Å². The van der Waals surface area contributed by atoms with Crippen molar-refractivity contribution in [1.29, 1.82) is 0 Å². The maximum absolute atomic E-state index is 11.8. The summed E-state index contributed by atoms with van der Waals surface area (Å²) >= 11 is 7.24. The molecule has 0 bridgehead atoms. The number of nitrogens with zero attached hydrogens (tertiary/aromatic N) is 2. The first kappa shape index (κ1) is 13.0. The normalized spacial score (nSPS) is 10.9. The highest BCUT2D eigenvalue weighted by Gasteiger charge is 2.13. The molecular formula is C11H13ClN4OS. The zero-order chi connectivity index (χ0) is 13.1. The van der Waals surface area contributed by atoms with Crippen LogP contribution in [0.2, 0.25) is 4.34 Å². The van der Waals surface area contributed by atoms with Crippen LogP contribution in [0, 0.1) is 0 Å². The lowest BCUT2D eigenvalue weighted by atomic mass is 10.2. The molecule has 7 heteroatoms. The van der Waals surface area contributed by atoms with Crippen LogP contribution in [0.4, 0.5) is 0 Å². The summed E-state index contributed by atoms with van der Waals surface area (Å²) in [5, 5.41) is 9.38. The molecule has 2 rings (SSSR count). The van der Waals surface area contributed by atoms with Gasteiger partial charge in [-0.2, -0.15) is 0 Å². The highest BCUT2D eigenvalue weighted by atomic mass is 35.5. The minimum absolute atomic E-state index is 0.168. The van der Waals surface area contributed by atoms with Crippen molar-refractivity contribution in [1.82, 2.24) is 20.5 Å². The predicted molar refractivity (Wildman–Crippen MR) is 71.0 cm³/mol. The van der Waals surface area contributed by atoms with E-state index < -0.39 is 0 Å². The summed E-state index contributed by atoms with van der Waals surface area (Å²) in [6.07, 6.45) is 0. The third-order valence-electron chi connectivity index (χ3n) is 2.30. The number of amides is 1. The molecule has 2 heterocycles. The summed E-state index contributed by atoms with van der Waals surface area (Å²) in [6, 6.07) is 3.68. The van der Waals surface area contributed by atoms with Gasteiger partial charge in [0.15, 0.2) is 0 Å². The van der Waals surface area contributed by atoms with E-state index in [9.17, 15) is 4.79 Å². The van der Waals surface area contributed by atoms with Gasteiger partial charge in [-0.3, -0.25) is 9.89 Å². The maximum atomic E-state index is 11.8. The number of rotatable bonds is 4. The van der Waals surface area contributed by atoms with E-state index in [2.05, 4.69) is 20.5 Å². The summed E-state index contributed by atoms with van der Waals surface area (Å²) in [6.45, 7) is 4.40. The van der Waals surface area contributed by atoms with E-state index in [0.29, 0.717) is 16.7 Å². The van der Waals surface area contributed by atoms with E-state index in [1.807, 2.05) is 19.9 Å². The fraction of sp³-hybridized carbons (Fsp3) is 0.364. The Kier molecular flexibility index (Phi) is 3.98. The van der Waals surface area contributed by atoms with E-state index in [1.54, 1.807) is 6.07 Å². The molecule has 0 aliphatic carbocycles. The summed E-state index contributed by atoms with van der Waals surface area (Å²) in [7, 11) is 0. The Morgan fingerprint density at radius 3 is 2.89 bits per heavy atom. The number of hydrogen-bond donors (Lipinski definition) is 2. The van der Waals surface area contributed by atoms with Crippen LogP contribution in [0.3, 0.4) is 0 Å². The molecule has 5 nitrogen and oxygen atoms in total. The lowest BCUT2D eigenvalue weighted by molar-refractivity contribution is 0.0941.